The van der Waals surface area contributed by atoms with Crippen molar-refractivity contribution >= 4 is 11.6 Å². The monoisotopic (exact) mass is 369 g/mol. The maximum Gasteiger partial charge on any atom is 0.224 e. The van der Waals surface area contributed by atoms with E-state index in [0.29, 0.717) is 36.6 Å². The predicted octanol–water partition coefficient (Wildman–Crippen LogP) is 3.69. The molecule has 1 atom stereocenters. The van der Waals surface area contributed by atoms with Gasteiger partial charge in [-0.15, -0.1) is 0 Å². The van der Waals surface area contributed by atoms with E-state index in [1.54, 1.807) is 18.2 Å². The first-order valence-electron chi connectivity index (χ1n) is 9.29. The molecule has 0 radical (unpaired) electrons. The molecular weight excluding hydrogens is 342 g/mol. The van der Waals surface area contributed by atoms with Gasteiger partial charge < -0.3 is 19.9 Å². The highest BCUT2D eigenvalue weighted by molar-refractivity contribution is 5.91. The van der Waals surface area contributed by atoms with Gasteiger partial charge in [0, 0.05) is 18.2 Å². The molecule has 0 aliphatic carbocycles. The van der Waals surface area contributed by atoms with Gasteiger partial charge in [0.1, 0.15) is 6.61 Å². The first-order valence-corrected chi connectivity index (χ1v) is 9.29. The number of anilines is 1. The number of hydrogen-bond donors (Lipinski definition) is 2. The maximum absolute atomic E-state index is 12.3. The van der Waals surface area contributed by atoms with Crippen LogP contribution in [0.2, 0.25) is 0 Å². The maximum atomic E-state index is 12.3. The van der Waals surface area contributed by atoms with Gasteiger partial charge >= 0.3 is 0 Å². The van der Waals surface area contributed by atoms with E-state index in [2.05, 4.69) is 50.4 Å². The van der Waals surface area contributed by atoms with Gasteiger partial charge in [-0.25, -0.2) is 0 Å². The minimum absolute atomic E-state index is 0.0418. The summed E-state index contributed by atoms with van der Waals surface area (Å²) in [7, 11) is 0. The lowest BCUT2D eigenvalue weighted by Crippen LogP contribution is -2.32. The van der Waals surface area contributed by atoms with Crippen LogP contribution in [0.25, 0.3) is 0 Å². The minimum Gasteiger partial charge on any atom is -0.486 e. The Kier molecular flexibility index (Phi) is 5.71. The van der Waals surface area contributed by atoms with Gasteiger partial charge in [0.05, 0.1) is 6.61 Å². The van der Waals surface area contributed by atoms with Crippen molar-refractivity contribution in [2.75, 3.05) is 18.5 Å². The molecule has 1 heterocycles. The highest BCUT2D eigenvalue weighted by Gasteiger charge is 2.20. The van der Waals surface area contributed by atoms with Gasteiger partial charge in [0.25, 0.3) is 0 Å². The van der Waals surface area contributed by atoms with E-state index in [4.69, 9.17) is 14.6 Å². The fourth-order valence-corrected chi connectivity index (χ4v) is 2.94. The second-order valence-electron chi connectivity index (χ2n) is 7.89. The van der Waals surface area contributed by atoms with Gasteiger partial charge in [-0.05, 0) is 35.1 Å². The molecule has 3 rings (SSSR count). The standard InChI is InChI=1S/C22H27NO4/c1-22(2,3)16-7-4-15(5-8-16)6-11-21(25)23-17-9-10-19-20(12-17)26-14-18(13-24)27-19/h4-5,7-10,12,18,24H,6,11,13-14H2,1-3H3,(H,23,25)/t18-/m0/s1. The molecule has 2 aromatic carbocycles. The van der Waals surface area contributed by atoms with E-state index >= 15 is 0 Å². The summed E-state index contributed by atoms with van der Waals surface area (Å²) in [5.74, 6) is 1.12. The normalized spacial score (nSPS) is 16.1. The van der Waals surface area contributed by atoms with Crippen LogP contribution >= 0.6 is 0 Å². The van der Waals surface area contributed by atoms with Crippen molar-refractivity contribution in [3.8, 4) is 11.5 Å². The molecule has 2 aromatic rings. The van der Waals surface area contributed by atoms with Crippen LogP contribution < -0.4 is 14.8 Å². The molecule has 0 saturated heterocycles. The number of carbonyl (C=O) groups excluding carboxylic acids is 1. The Hall–Kier alpha value is -2.53. The van der Waals surface area contributed by atoms with Crippen LogP contribution in [-0.2, 0) is 16.6 Å². The molecule has 1 amide bonds. The number of ether oxygens (including phenoxy) is 2. The summed E-state index contributed by atoms with van der Waals surface area (Å²) in [6.45, 7) is 6.77. The molecule has 0 bridgehead atoms. The number of aryl methyl sites for hydroxylation is 1. The molecule has 5 nitrogen and oxygen atoms in total. The van der Waals surface area contributed by atoms with Crippen LogP contribution in [0.1, 0.15) is 38.3 Å². The Morgan fingerprint density at radius 2 is 1.89 bits per heavy atom. The molecular formula is C22H27NO4. The summed E-state index contributed by atoms with van der Waals surface area (Å²) < 4.78 is 11.2. The van der Waals surface area contributed by atoms with Crippen molar-refractivity contribution in [2.24, 2.45) is 0 Å². The van der Waals surface area contributed by atoms with Gasteiger partial charge in [0.15, 0.2) is 17.6 Å². The van der Waals surface area contributed by atoms with Crippen molar-refractivity contribution in [1.82, 2.24) is 0 Å². The lowest BCUT2D eigenvalue weighted by Gasteiger charge is -2.25. The third kappa shape index (κ3) is 5.01. The second kappa shape index (κ2) is 8.01. The van der Waals surface area contributed by atoms with Crippen molar-refractivity contribution in [1.29, 1.82) is 0 Å². The largest absolute Gasteiger partial charge is 0.486 e. The van der Waals surface area contributed by atoms with E-state index in [1.165, 1.54) is 5.56 Å². The zero-order chi connectivity index (χ0) is 19.4. The quantitative estimate of drug-likeness (QED) is 0.843. The summed E-state index contributed by atoms with van der Waals surface area (Å²) in [6.07, 6.45) is 0.761. The highest BCUT2D eigenvalue weighted by Crippen LogP contribution is 2.34. The summed E-state index contributed by atoms with van der Waals surface area (Å²) >= 11 is 0. The predicted molar refractivity (Wildman–Crippen MR) is 106 cm³/mol. The summed E-state index contributed by atoms with van der Waals surface area (Å²) in [5, 5.41) is 12.0. The first kappa shape index (κ1) is 19.2. The molecule has 5 heteroatoms. The Labute approximate surface area is 160 Å². The lowest BCUT2D eigenvalue weighted by molar-refractivity contribution is -0.116. The van der Waals surface area contributed by atoms with Crippen molar-refractivity contribution < 1.29 is 19.4 Å². The molecule has 0 aromatic heterocycles. The van der Waals surface area contributed by atoms with Crippen LogP contribution in [0.5, 0.6) is 11.5 Å². The summed E-state index contributed by atoms with van der Waals surface area (Å²) in [5.41, 5.74) is 3.24. The molecule has 1 aliphatic rings. The average Bonchev–Trinajstić information content (AvgIpc) is 2.65. The zero-order valence-corrected chi connectivity index (χ0v) is 16.1. The Morgan fingerprint density at radius 1 is 1.15 bits per heavy atom. The highest BCUT2D eigenvalue weighted by atomic mass is 16.6. The summed E-state index contributed by atoms with van der Waals surface area (Å²) in [4.78, 5) is 12.3. The average molecular weight is 369 g/mol. The number of rotatable bonds is 5. The molecule has 0 fully saturated rings. The molecule has 2 N–H and O–H groups in total. The van der Waals surface area contributed by atoms with Crippen LogP contribution in [-0.4, -0.2) is 30.3 Å². The van der Waals surface area contributed by atoms with Crippen molar-refractivity contribution in [3.63, 3.8) is 0 Å². The van der Waals surface area contributed by atoms with Crippen LogP contribution in [0.15, 0.2) is 42.5 Å². The van der Waals surface area contributed by atoms with Gasteiger partial charge in [0.2, 0.25) is 5.91 Å². The number of aliphatic hydroxyl groups excluding tert-OH is 1. The number of hydrogen-bond acceptors (Lipinski definition) is 4. The molecule has 1 aliphatic heterocycles. The number of amides is 1. The molecule has 27 heavy (non-hydrogen) atoms. The topological polar surface area (TPSA) is 67.8 Å². The number of fused-ring (bicyclic) bond motifs is 1. The van der Waals surface area contributed by atoms with E-state index in [1.807, 2.05) is 0 Å². The van der Waals surface area contributed by atoms with Crippen molar-refractivity contribution in [2.45, 2.75) is 45.1 Å². The molecule has 0 unspecified atom stereocenters. The second-order valence-corrected chi connectivity index (χ2v) is 7.89. The van der Waals surface area contributed by atoms with Crippen LogP contribution in [0, 0.1) is 0 Å². The lowest BCUT2D eigenvalue weighted by atomic mass is 9.86. The minimum atomic E-state index is -0.345. The molecule has 144 valence electrons. The van der Waals surface area contributed by atoms with E-state index in [-0.39, 0.29) is 24.0 Å². The fraction of sp³-hybridized carbons (Fsp3) is 0.409. The number of nitrogens with one attached hydrogen (secondary N) is 1. The SMILES string of the molecule is CC(C)(C)c1ccc(CCC(=O)Nc2ccc3c(c2)OC[C@H](CO)O3)cc1. The zero-order valence-electron chi connectivity index (χ0n) is 16.1. The Morgan fingerprint density at radius 3 is 2.56 bits per heavy atom. The number of carbonyl (C=O) groups is 1. The van der Waals surface area contributed by atoms with Crippen molar-refractivity contribution in [3.05, 3.63) is 53.6 Å². The number of aliphatic hydroxyl groups is 1. The summed E-state index contributed by atoms with van der Waals surface area (Å²) in [6, 6.07) is 13.7. The smallest absolute Gasteiger partial charge is 0.224 e. The Balaban J connectivity index is 1.54. The van der Waals surface area contributed by atoms with E-state index in [0.717, 1.165) is 5.56 Å². The molecule has 0 spiro atoms. The van der Waals surface area contributed by atoms with E-state index in [9.17, 15) is 4.79 Å². The third-order valence-corrected chi connectivity index (χ3v) is 4.61. The third-order valence-electron chi connectivity index (χ3n) is 4.61. The van der Waals surface area contributed by atoms with E-state index < -0.39 is 0 Å². The van der Waals surface area contributed by atoms with Gasteiger partial charge in [-0.2, -0.15) is 0 Å². The first-order chi connectivity index (χ1) is 12.8. The van der Waals surface area contributed by atoms with Gasteiger partial charge in [-0.1, -0.05) is 45.0 Å². The van der Waals surface area contributed by atoms with Crippen LogP contribution in [0.3, 0.4) is 0 Å². The molecule has 0 saturated carbocycles. The Bertz CT molecular complexity index is 793. The van der Waals surface area contributed by atoms with Crippen LogP contribution in [0.4, 0.5) is 5.69 Å². The van der Waals surface area contributed by atoms with Gasteiger partial charge in [-0.3, -0.25) is 4.79 Å². The fourth-order valence-electron chi connectivity index (χ4n) is 2.94. The number of benzene rings is 2.